The van der Waals surface area contributed by atoms with Crippen molar-refractivity contribution in [3.8, 4) is 0 Å². The fraction of sp³-hybridized carbons (Fsp3) is 0.125. The molecule has 108 valence electrons. The summed E-state index contributed by atoms with van der Waals surface area (Å²) in [6.07, 6.45) is 0. The lowest BCUT2D eigenvalue weighted by Gasteiger charge is -2.10. The van der Waals surface area contributed by atoms with Gasteiger partial charge in [0, 0.05) is 28.9 Å². The van der Waals surface area contributed by atoms with Crippen molar-refractivity contribution in [1.29, 1.82) is 0 Å². The van der Waals surface area contributed by atoms with E-state index in [1.54, 1.807) is 36.4 Å². The van der Waals surface area contributed by atoms with Gasteiger partial charge in [0.15, 0.2) is 0 Å². The van der Waals surface area contributed by atoms with Crippen molar-refractivity contribution in [2.75, 3.05) is 10.6 Å². The summed E-state index contributed by atoms with van der Waals surface area (Å²) in [7, 11) is 0. The van der Waals surface area contributed by atoms with Gasteiger partial charge in [-0.2, -0.15) is 0 Å². The highest BCUT2D eigenvalue weighted by atomic mass is 35.5. The van der Waals surface area contributed by atoms with Crippen LogP contribution in [0.25, 0.3) is 0 Å². The summed E-state index contributed by atoms with van der Waals surface area (Å²) in [5.41, 5.74) is 2.68. The van der Waals surface area contributed by atoms with E-state index in [1.165, 1.54) is 6.92 Å². The van der Waals surface area contributed by atoms with Crippen LogP contribution in [0.3, 0.4) is 0 Å². The Hall–Kier alpha value is -2.33. The van der Waals surface area contributed by atoms with Gasteiger partial charge in [-0.3, -0.25) is 9.59 Å². The van der Waals surface area contributed by atoms with Gasteiger partial charge in [0.25, 0.3) is 5.91 Å². The first-order chi connectivity index (χ1) is 9.95. The number of rotatable bonds is 3. The third-order valence-corrected chi connectivity index (χ3v) is 3.13. The number of nitrogens with one attached hydrogen (secondary N) is 2. The summed E-state index contributed by atoms with van der Waals surface area (Å²) in [6.45, 7) is 3.32. The normalized spacial score (nSPS) is 10.0. The van der Waals surface area contributed by atoms with Crippen molar-refractivity contribution in [2.24, 2.45) is 0 Å². The van der Waals surface area contributed by atoms with Crippen LogP contribution in [-0.4, -0.2) is 11.8 Å². The largest absolute Gasteiger partial charge is 0.326 e. The van der Waals surface area contributed by atoms with Crippen LogP contribution < -0.4 is 10.6 Å². The van der Waals surface area contributed by atoms with Gasteiger partial charge in [0.2, 0.25) is 5.91 Å². The van der Waals surface area contributed by atoms with E-state index in [0.29, 0.717) is 22.0 Å². The van der Waals surface area contributed by atoms with Gasteiger partial charge < -0.3 is 10.6 Å². The molecule has 5 heteroatoms. The zero-order valence-corrected chi connectivity index (χ0v) is 12.5. The molecule has 0 unspecified atom stereocenters. The quantitative estimate of drug-likeness (QED) is 0.904. The van der Waals surface area contributed by atoms with Gasteiger partial charge in [-0.25, -0.2) is 0 Å². The fourth-order valence-electron chi connectivity index (χ4n) is 1.86. The van der Waals surface area contributed by atoms with E-state index in [4.69, 9.17) is 11.6 Å². The summed E-state index contributed by atoms with van der Waals surface area (Å²) >= 11 is 5.87. The summed E-state index contributed by atoms with van der Waals surface area (Å²) in [5.74, 6) is -0.411. The number of hydrogen-bond acceptors (Lipinski definition) is 2. The van der Waals surface area contributed by atoms with Crippen LogP contribution in [0.4, 0.5) is 11.4 Å². The van der Waals surface area contributed by atoms with Crippen LogP contribution in [-0.2, 0) is 4.79 Å². The van der Waals surface area contributed by atoms with Crippen molar-refractivity contribution in [2.45, 2.75) is 13.8 Å². The maximum absolute atomic E-state index is 12.1. The molecule has 0 bridgehead atoms. The molecular weight excluding hydrogens is 288 g/mol. The molecule has 0 aliphatic heterocycles. The number of anilines is 2. The Kier molecular flexibility index (Phi) is 4.60. The van der Waals surface area contributed by atoms with E-state index in [1.807, 2.05) is 13.0 Å². The summed E-state index contributed by atoms with van der Waals surface area (Å²) < 4.78 is 0. The van der Waals surface area contributed by atoms with Gasteiger partial charge >= 0.3 is 0 Å². The zero-order valence-electron chi connectivity index (χ0n) is 11.7. The van der Waals surface area contributed by atoms with Crippen molar-refractivity contribution in [3.05, 3.63) is 58.6 Å². The molecule has 0 aliphatic rings. The highest BCUT2D eigenvalue weighted by Crippen LogP contribution is 2.21. The van der Waals surface area contributed by atoms with E-state index < -0.39 is 0 Å². The molecule has 2 amide bonds. The fourth-order valence-corrected chi connectivity index (χ4v) is 2.05. The second kappa shape index (κ2) is 6.41. The molecule has 2 aromatic rings. The van der Waals surface area contributed by atoms with Gasteiger partial charge in [0.1, 0.15) is 0 Å². The first-order valence-electron chi connectivity index (χ1n) is 6.41. The number of aryl methyl sites for hydroxylation is 1. The Morgan fingerprint density at radius 1 is 1.05 bits per heavy atom. The summed E-state index contributed by atoms with van der Waals surface area (Å²) in [6, 6.07) is 12.0. The van der Waals surface area contributed by atoms with Crippen LogP contribution >= 0.6 is 11.6 Å². The minimum atomic E-state index is -0.255. The number of halogens is 1. The Morgan fingerprint density at radius 2 is 1.81 bits per heavy atom. The van der Waals surface area contributed by atoms with Gasteiger partial charge in [-0.05, 0) is 42.8 Å². The van der Waals surface area contributed by atoms with Crippen LogP contribution in [0.2, 0.25) is 5.02 Å². The molecule has 0 fully saturated rings. The molecule has 0 saturated carbocycles. The van der Waals surface area contributed by atoms with E-state index in [9.17, 15) is 9.59 Å². The Bertz CT molecular complexity index is 698. The summed E-state index contributed by atoms with van der Waals surface area (Å²) in [4.78, 5) is 23.3. The van der Waals surface area contributed by atoms with Crippen LogP contribution in [0, 0.1) is 6.92 Å². The zero-order chi connectivity index (χ0) is 15.4. The molecule has 2 N–H and O–H groups in total. The Labute approximate surface area is 128 Å². The van der Waals surface area contributed by atoms with E-state index in [2.05, 4.69) is 10.6 Å². The first kappa shape index (κ1) is 15.1. The number of amides is 2. The van der Waals surface area contributed by atoms with Crippen molar-refractivity contribution in [1.82, 2.24) is 0 Å². The average molecular weight is 303 g/mol. The topological polar surface area (TPSA) is 58.2 Å². The molecule has 2 rings (SSSR count). The van der Waals surface area contributed by atoms with Crippen molar-refractivity contribution in [3.63, 3.8) is 0 Å². The van der Waals surface area contributed by atoms with E-state index >= 15 is 0 Å². The SMILES string of the molecule is CC(=O)Nc1cc(NC(=O)c2cccc(Cl)c2)ccc1C. The molecule has 0 heterocycles. The number of hydrogen-bond donors (Lipinski definition) is 2. The minimum Gasteiger partial charge on any atom is -0.326 e. The van der Waals surface area contributed by atoms with Crippen LogP contribution in [0.5, 0.6) is 0 Å². The molecule has 0 atom stereocenters. The smallest absolute Gasteiger partial charge is 0.255 e. The number of benzene rings is 2. The lowest BCUT2D eigenvalue weighted by Crippen LogP contribution is -2.13. The molecule has 0 saturated heterocycles. The molecule has 0 aliphatic carbocycles. The third kappa shape index (κ3) is 4.07. The molecule has 0 spiro atoms. The van der Waals surface area contributed by atoms with Crippen molar-refractivity contribution >= 4 is 34.8 Å². The Balaban J connectivity index is 2.19. The molecule has 4 nitrogen and oxygen atoms in total. The Morgan fingerprint density at radius 3 is 2.48 bits per heavy atom. The molecular formula is C16H15ClN2O2. The first-order valence-corrected chi connectivity index (χ1v) is 6.78. The number of carbonyl (C=O) groups is 2. The monoisotopic (exact) mass is 302 g/mol. The molecule has 0 aromatic heterocycles. The van der Waals surface area contributed by atoms with Gasteiger partial charge in [-0.1, -0.05) is 23.7 Å². The predicted octanol–water partition coefficient (Wildman–Crippen LogP) is 3.86. The second-order valence-electron chi connectivity index (χ2n) is 4.68. The van der Waals surface area contributed by atoms with Crippen LogP contribution in [0.1, 0.15) is 22.8 Å². The second-order valence-corrected chi connectivity index (χ2v) is 5.11. The van der Waals surface area contributed by atoms with E-state index in [-0.39, 0.29) is 11.8 Å². The molecule has 2 aromatic carbocycles. The highest BCUT2D eigenvalue weighted by molar-refractivity contribution is 6.31. The predicted molar refractivity (Wildman–Crippen MR) is 84.9 cm³/mol. The average Bonchev–Trinajstić information content (AvgIpc) is 2.42. The molecule has 21 heavy (non-hydrogen) atoms. The van der Waals surface area contributed by atoms with Crippen LogP contribution in [0.15, 0.2) is 42.5 Å². The summed E-state index contributed by atoms with van der Waals surface area (Å²) in [5, 5.41) is 6.01. The van der Waals surface area contributed by atoms with Gasteiger partial charge in [0.05, 0.1) is 0 Å². The maximum Gasteiger partial charge on any atom is 0.255 e. The van der Waals surface area contributed by atoms with E-state index in [0.717, 1.165) is 5.56 Å². The standard InChI is InChI=1S/C16H15ClN2O2/c1-10-6-7-14(9-15(10)18-11(2)20)19-16(21)12-4-3-5-13(17)8-12/h3-9H,1-2H3,(H,18,20)(H,19,21). The highest BCUT2D eigenvalue weighted by Gasteiger charge is 2.08. The third-order valence-electron chi connectivity index (χ3n) is 2.89. The molecule has 0 radical (unpaired) electrons. The minimum absolute atomic E-state index is 0.156. The lowest BCUT2D eigenvalue weighted by atomic mass is 10.1. The van der Waals surface area contributed by atoms with Crippen molar-refractivity contribution < 1.29 is 9.59 Å². The maximum atomic E-state index is 12.1. The lowest BCUT2D eigenvalue weighted by molar-refractivity contribution is -0.114. The van der Waals surface area contributed by atoms with Gasteiger partial charge in [-0.15, -0.1) is 0 Å². The number of carbonyl (C=O) groups excluding carboxylic acids is 2.